The Labute approximate surface area is 144 Å². The molecule has 0 radical (unpaired) electrons. The molecule has 0 N–H and O–H groups in total. The number of benzene rings is 1. The van der Waals surface area contributed by atoms with Gasteiger partial charge in [-0.3, -0.25) is 0 Å². The van der Waals surface area contributed by atoms with E-state index in [1.807, 2.05) is 12.1 Å². The molecular weight excluding hydrogens is 404 g/mol. The van der Waals surface area contributed by atoms with E-state index in [9.17, 15) is 13.2 Å². The van der Waals surface area contributed by atoms with Crippen molar-refractivity contribution in [2.75, 3.05) is 0 Å². The molecule has 0 amide bonds. The van der Waals surface area contributed by atoms with Crippen molar-refractivity contribution in [2.24, 2.45) is 0 Å². The Balaban J connectivity index is 1.84. The van der Waals surface area contributed by atoms with E-state index in [4.69, 9.17) is 0 Å². The fourth-order valence-corrected chi connectivity index (χ4v) is 16.5. The van der Waals surface area contributed by atoms with Gasteiger partial charge in [0.25, 0.3) is 0 Å². The molecule has 23 heavy (non-hydrogen) atoms. The van der Waals surface area contributed by atoms with Gasteiger partial charge in [0.1, 0.15) is 0 Å². The third-order valence-electron chi connectivity index (χ3n) is 5.64. The van der Waals surface area contributed by atoms with Gasteiger partial charge in [-0.15, -0.1) is 0 Å². The molecule has 0 aromatic heterocycles. The van der Waals surface area contributed by atoms with Gasteiger partial charge in [0.2, 0.25) is 0 Å². The van der Waals surface area contributed by atoms with Crippen molar-refractivity contribution in [3.63, 3.8) is 0 Å². The van der Waals surface area contributed by atoms with Crippen LogP contribution in [0.4, 0.5) is 13.2 Å². The van der Waals surface area contributed by atoms with Crippen LogP contribution in [0.5, 0.6) is 0 Å². The van der Waals surface area contributed by atoms with Gasteiger partial charge in [-0.2, -0.15) is 0 Å². The molecule has 2 saturated carbocycles. The van der Waals surface area contributed by atoms with Crippen molar-refractivity contribution in [1.29, 1.82) is 0 Å². The number of rotatable bonds is 3. The maximum absolute atomic E-state index is 12.8. The maximum atomic E-state index is 12.8. The summed E-state index contributed by atoms with van der Waals surface area (Å²) in [5.74, 6) is 0. The molecule has 4 heteroatoms. The molecule has 0 bridgehead atoms. The summed E-state index contributed by atoms with van der Waals surface area (Å²) in [5.41, 5.74) is -0.490. The predicted molar refractivity (Wildman–Crippen MR) is 90.5 cm³/mol. The van der Waals surface area contributed by atoms with Gasteiger partial charge in [-0.1, -0.05) is 0 Å². The monoisotopic (exact) mass is 431 g/mol. The van der Waals surface area contributed by atoms with Crippen LogP contribution in [0.25, 0.3) is 0 Å². The Kier molecular flexibility index (Phi) is 5.97. The van der Waals surface area contributed by atoms with E-state index < -0.39 is 31.5 Å². The van der Waals surface area contributed by atoms with Crippen molar-refractivity contribution >= 4 is 23.3 Å². The second kappa shape index (κ2) is 7.79. The van der Waals surface area contributed by atoms with Gasteiger partial charge in [0.15, 0.2) is 0 Å². The molecular formula is C19H26F3Sn+. The predicted octanol–water partition coefficient (Wildman–Crippen LogP) is 6.08. The molecule has 0 atom stereocenters. The number of halogens is 3. The first-order valence-electron chi connectivity index (χ1n) is 9.10. The normalized spacial score (nSPS) is 21.3. The Bertz CT molecular complexity index is 464. The minimum atomic E-state index is -4.21. The molecule has 2 fully saturated rings. The van der Waals surface area contributed by atoms with Crippen molar-refractivity contribution < 1.29 is 13.2 Å². The third kappa shape index (κ3) is 4.46. The summed E-state index contributed by atoms with van der Waals surface area (Å²) in [6.45, 7) is 0. The average Bonchev–Trinajstić information content (AvgIpc) is 2.57. The van der Waals surface area contributed by atoms with Crippen LogP contribution in [-0.2, 0) is 6.18 Å². The third-order valence-corrected chi connectivity index (χ3v) is 16.8. The summed E-state index contributed by atoms with van der Waals surface area (Å²) >= 11 is -1.89. The minimum absolute atomic E-state index is 0.490. The van der Waals surface area contributed by atoms with Gasteiger partial charge in [-0.05, 0) is 0 Å². The van der Waals surface area contributed by atoms with Crippen molar-refractivity contribution in [2.45, 2.75) is 78.3 Å². The molecule has 0 saturated heterocycles. The van der Waals surface area contributed by atoms with Crippen molar-refractivity contribution in [3.05, 3.63) is 29.8 Å². The molecule has 0 unspecified atom stereocenters. The Morgan fingerprint density at radius 3 is 1.52 bits per heavy atom. The fraction of sp³-hybridized carbons (Fsp3) is 0.684. The van der Waals surface area contributed by atoms with Gasteiger partial charge in [0.05, 0.1) is 0 Å². The molecule has 0 heterocycles. The summed E-state index contributed by atoms with van der Waals surface area (Å²) in [7, 11) is 0. The summed E-state index contributed by atoms with van der Waals surface area (Å²) in [6.07, 6.45) is 9.19. The zero-order valence-corrected chi connectivity index (χ0v) is 16.5. The van der Waals surface area contributed by atoms with Crippen LogP contribution in [0.1, 0.15) is 69.8 Å². The molecule has 0 nitrogen and oxygen atoms in total. The zero-order chi connectivity index (χ0) is 16.3. The molecule has 0 spiro atoms. The number of hydrogen-bond donors (Lipinski definition) is 0. The molecule has 0 aliphatic heterocycles. The molecule has 1 aromatic rings. The van der Waals surface area contributed by atoms with E-state index in [0.717, 1.165) is 7.87 Å². The number of hydrogen-bond acceptors (Lipinski definition) is 0. The van der Waals surface area contributed by atoms with E-state index >= 15 is 0 Å². The van der Waals surface area contributed by atoms with Crippen LogP contribution in [-0.4, -0.2) is 19.8 Å². The quantitative estimate of drug-likeness (QED) is 0.511. The first-order chi connectivity index (χ1) is 11.1. The molecule has 126 valence electrons. The Hall–Kier alpha value is -0.191. The standard InChI is InChI=1S/C7H4F3.2C6H11.Sn/c8-7(9,10)6-4-2-1-3-5-6;2*1-2-4-6-5-3-1;/h2-5H;2*1H,2-6H2;/q;;;+1. The van der Waals surface area contributed by atoms with E-state index in [1.54, 1.807) is 0 Å². The van der Waals surface area contributed by atoms with E-state index in [-0.39, 0.29) is 0 Å². The van der Waals surface area contributed by atoms with Crippen LogP contribution in [0.2, 0.25) is 7.87 Å². The second-order valence-electron chi connectivity index (χ2n) is 7.20. The summed E-state index contributed by atoms with van der Waals surface area (Å²) in [4.78, 5) is 0. The van der Waals surface area contributed by atoms with Crippen LogP contribution in [0, 0.1) is 0 Å². The van der Waals surface area contributed by atoms with Crippen LogP contribution >= 0.6 is 0 Å². The topological polar surface area (TPSA) is 0 Å². The zero-order valence-electron chi connectivity index (χ0n) is 13.7. The summed E-state index contributed by atoms with van der Waals surface area (Å²) in [5, 5.41) is 0. The fourth-order valence-electron chi connectivity index (χ4n) is 4.48. The van der Waals surface area contributed by atoms with Crippen molar-refractivity contribution in [3.8, 4) is 0 Å². The number of alkyl halides is 3. The second-order valence-corrected chi connectivity index (χ2v) is 16.1. The van der Waals surface area contributed by atoms with Crippen LogP contribution in [0.15, 0.2) is 24.3 Å². The molecule has 1 aromatic carbocycles. The van der Waals surface area contributed by atoms with E-state index in [0.29, 0.717) is 0 Å². The molecule has 3 rings (SSSR count). The van der Waals surface area contributed by atoms with Gasteiger partial charge >= 0.3 is 145 Å². The van der Waals surface area contributed by atoms with E-state index in [2.05, 4.69) is 0 Å². The van der Waals surface area contributed by atoms with Gasteiger partial charge in [-0.25, -0.2) is 0 Å². The van der Waals surface area contributed by atoms with Gasteiger partial charge < -0.3 is 0 Å². The Morgan fingerprint density at radius 2 is 1.13 bits per heavy atom. The first-order valence-corrected chi connectivity index (χ1v) is 13.8. The SMILES string of the molecule is FC(F)(F)c1cc[c]([Sn+]([CH]2CCCCC2)[CH]2CCCCC2)cc1. The van der Waals surface area contributed by atoms with Gasteiger partial charge in [0, 0.05) is 0 Å². The van der Waals surface area contributed by atoms with Crippen molar-refractivity contribution in [1.82, 2.24) is 0 Å². The average molecular weight is 430 g/mol. The molecule has 2 aliphatic carbocycles. The molecule has 2 aliphatic rings. The summed E-state index contributed by atoms with van der Waals surface area (Å²) in [6, 6.07) is 6.37. The Morgan fingerprint density at radius 1 is 0.696 bits per heavy atom. The van der Waals surface area contributed by atoms with Crippen LogP contribution < -0.4 is 3.58 Å². The van der Waals surface area contributed by atoms with E-state index in [1.165, 1.54) is 79.9 Å². The van der Waals surface area contributed by atoms with Crippen LogP contribution in [0.3, 0.4) is 0 Å². The first kappa shape index (κ1) is 17.6. The summed E-state index contributed by atoms with van der Waals surface area (Å²) < 4.78 is 41.6.